The summed E-state index contributed by atoms with van der Waals surface area (Å²) in [6.45, 7) is 3.11. The predicted octanol–water partition coefficient (Wildman–Crippen LogP) is 1.39. The number of hydrogen-bond acceptors (Lipinski definition) is 1. The molecule has 0 aromatic heterocycles. The van der Waals surface area contributed by atoms with E-state index in [4.69, 9.17) is 5.73 Å². The summed E-state index contributed by atoms with van der Waals surface area (Å²) in [5.41, 5.74) is 5.34. The maximum absolute atomic E-state index is 5.34. The molecule has 0 rings (SSSR count). The number of nitrogens with two attached hydrogens (primary N) is 1. The second-order valence-corrected chi connectivity index (χ2v) is 2.56. The number of hydrogen-bond donors (Lipinski definition) is 1. The second kappa shape index (κ2) is 12.5. The molecule has 10 heavy (non-hydrogen) atoms. The molecule has 62 valence electrons. The third-order valence-corrected chi connectivity index (χ3v) is 1.56. The van der Waals surface area contributed by atoms with Crippen LogP contribution in [0.3, 0.4) is 0 Å². The zero-order chi connectivity index (χ0) is 6.95. The van der Waals surface area contributed by atoms with Crippen molar-refractivity contribution in [2.45, 2.75) is 45.4 Å². The fourth-order valence-corrected chi connectivity index (χ4v) is 0.925. The molecule has 0 saturated carbocycles. The van der Waals surface area contributed by atoms with E-state index in [1.165, 1.54) is 38.5 Å². The molecular formula is C8H21NPb. The molecule has 0 saturated heterocycles. The van der Waals surface area contributed by atoms with Crippen LogP contribution in [-0.4, -0.2) is 33.8 Å². The van der Waals surface area contributed by atoms with E-state index in [-0.39, 0.29) is 27.3 Å². The number of unbranched alkanes of at least 4 members (excludes halogenated alkanes) is 5. The van der Waals surface area contributed by atoms with Crippen molar-refractivity contribution in [2.75, 3.05) is 6.54 Å². The second-order valence-electron chi connectivity index (χ2n) is 2.56. The minimum atomic E-state index is 0. The standard InChI is InChI=1S/C8H19N.Pb.2H/c1-2-3-4-5-6-7-8-9;;;/h2-9H2,1H3;;;. The molecule has 0 unspecified atom stereocenters. The van der Waals surface area contributed by atoms with Crippen LogP contribution in [0.5, 0.6) is 0 Å². The maximum atomic E-state index is 5.34. The van der Waals surface area contributed by atoms with E-state index in [0.29, 0.717) is 0 Å². The summed E-state index contributed by atoms with van der Waals surface area (Å²) in [4.78, 5) is 0. The summed E-state index contributed by atoms with van der Waals surface area (Å²) in [5, 5.41) is 0. The molecule has 0 spiro atoms. The quantitative estimate of drug-likeness (QED) is 0.575. The third-order valence-electron chi connectivity index (χ3n) is 1.56. The van der Waals surface area contributed by atoms with Crippen molar-refractivity contribution < 1.29 is 0 Å². The summed E-state index contributed by atoms with van der Waals surface area (Å²) >= 11 is 0. The molecule has 0 aliphatic carbocycles. The summed E-state index contributed by atoms with van der Waals surface area (Å²) in [5.74, 6) is 0. The third kappa shape index (κ3) is 11.7. The molecule has 0 heterocycles. The first-order valence-electron chi connectivity index (χ1n) is 4.12. The van der Waals surface area contributed by atoms with Gasteiger partial charge < -0.3 is 5.73 Å². The first-order chi connectivity index (χ1) is 4.41. The van der Waals surface area contributed by atoms with E-state index < -0.39 is 0 Å². The molecule has 0 fully saturated rings. The van der Waals surface area contributed by atoms with Gasteiger partial charge in [0.1, 0.15) is 0 Å². The van der Waals surface area contributed by atoms with Gasteiger partial charge >= 0.3 is 27.3 Å². The van der Waals surface area contributed by atoms with Gasteiger partial charge in [-0.2, -0.15) is 0 Å². The van der Waals surface area contributed by atoms with Crippen molar-refractivity contribution in [3.05, 3.63) is 0 Å². The Balaban J connectivity index is 0. The van der Waals surface area contributed by atoms with Gasteiger partial charge in [0.05, 0.1) is 0 Å². The Kier molecular flexibility index (Phi) is 16.9. The van der Waals surface area contributed by atoms with Gasteiger partial charge in [0, 0.05) is 0 Å². The van der Waals surface area contributed by atoms with Crippen molar-refractivity contribution in [1.82, 2.24) is 0 Å². The van der Waals surface area contributed by atoms with Gasteiger partial charge in [-0.25, -0.2) is 0 Å². The van der Waals surface area contributed by atoms with E-state index in [0.717, 1.165) is 6.54 Å². The molecule has 0 amide bonds. The van der Waals surface area contributed by atoms with Gasteiger partial charge in [0.25, 0.3) is 0 Å². The van der Waals surface area contributed by atoms with Gasteiger partial charge in [-0.05, 0) is 13.0 Å². The Labute approximate surface area is 84.9 Å². The van der Waals surface area contributed by atoms with Crippen LogP contribution in [-0.2, 0) is 0 Å². The molecule has 0 aromatic carbocycles. The van der Waals surface area contributed by atoms with E-state index >= 15 is 0 Å². The Bertz CT molecular complexity index is 42.5. The van der Waals surface area contributed by atoms with Crippen molar-refractivity contribution in [3.63, 3.8) is 0 Å². The van der Waals surface area contributed by atoms with Gasteiger partial charge in [0.15, 0.2) is 0 Å². The van der Waals surface area contributed by atoms with Crippen LogP contribution in [0.2, 0.25) is 0 Å². The van der Waals surface area contributed by atoms with Crippen LogP contribution >= 0.6 is 0 Å². The fraction of sp³-hybridized carbons (Fsp3) is 1.00. The van der Waals surface area contributed by atoms with Crippen LogP contribution in [0.15, 0.2) is 0 Å². The molecular weight excluding hydrogens is 317 g/mol. The summed E-state index contributed by atoms with van der Waals surface area (Å²) in [6, 6.07) is 0. The monoisotopic (exact) mass is 339 g/mol. The molecule has 2 heteroatoms. The Morgan fingerprint density at radius 1 is 0.900 bits per heavy atom. The van der Waals surface area contributed by atoms with Gasteiger partial charge in [-0.3, -0.25) is 0 Å². The Morgan fingerprint density at radius 2 is 1.40 bits per heavy atom. The summed E-state index contributed by atoms with van der Waals surface area (Å²) in [7, 11) is 0. The zero-order valence-electron chi connectivity index (χ0n) is 7.23. The van der Waals surface area contributed by atoms with Gasteiger partial charge in [0.2, 0.25) is 0 Å². The summed E-state index contributed by atoms with van der Waals surface area (Å²) in [6.07, 6.45) is 8.05. The molecule has 0 bridgehead atoms. The zero-order valence-corrected chi connectivity index (χ0v) is 12.7. The fourth-order valence-electron chi connectivity index (χ4n) is 0.925. The van der Waals surface area contributed by atoms with Crippen LogP contribution in [0.4, 0.5) is 0 Å². The van der Waals surface area contributed by atoms with Crippen molar-refractivity contribution in [3.8, 4) is 0 Å². The first-order valence-corrected chi connectivity index (χ1v) is 4.12. The summed E-state index contributed by atoms with van der Waals surface area (Å²) < 4.78 is 0. The van der Waals surface area contributed by atoms with E-state index in [2.05, 4.69) is 6.92 Å². The average molecular weight is 338 g/mol. The first kappa shape index (κ1) is 13.5. The van der Waals surface area contributed by atoms with Crippen molar-refractivity contribution in [1.29, 1.82) is 0 Å². The minimum absolute atomic E-state index is 0. The number of rotatable bonds is 6. The molecule has 1 nitrogen and oxygen atoms in total. The van der Waals surface area contributed by atoms with Crippen LogP contribution in [0, 0.1) is 0 Å². The van der Waals surface area contributed by atoms with E-state index in [1.54, 1.807) is 0 Å². The van der Waals surface area contributed by atoms with E-state index in [1.807, 2.05) is 0 Å². The Hall–Kier alpha value is 0.882. The van der Waals surface area contributed by atoms with Crippen LogP contribution < -0.4 is 5.73 Å². The molecule has 2 N–H and O–H groups in total. The topological polar surface area (TPSA) is 26.0 Å². The molecule has 0 aliphatic heterocycles. The van der Waals surface area contributed by atoms with Crippen LogP contribution in [0.25, 0.3) is 0 Å². The SMILES string of the molecule is CCCCCCCCN.[PbH2]. The Morgan fingerprint density at radius 3 is 1.90 bits per heavy atom. The average Bonchev–Trinajstić information content (AvgIpc) is 1.89. The van der Waals surface area contributed by atoms with Gasteiger partial charge in [-0.15, -0.1) is 0 Å². The van der Waals surface area contributed by atoms with E-state index in [9.17, 15) is 0 Å². The van der Waals surface area contributed by atoms with Gasteiger partial charge in [-0.1, -0.05) is 39.0 Å². The van der Waals surface area contributed by atoms with Crippen molar-refractivity contribution in [2.24, 2.45) is 5.73 Å². The predicted molar refractivity (Wildman–Crippen MR) is 51.0 cm³/mol. The van der Waals surface area contributed by atoms with Crippen LogP contribution in [0.1, 0.15) is 45.4 Å². The molecule has 0 atom stereocenters. The molecule has 0 aliphatic rings. The normalized spacial score (nSPS) is 9.00. The molecule has 2 radical (unpaired) electrons. The molecule has 0 aromatic rings. The van der Waals surface area contributed by atoms with Crippen molar-refractivity contribution >= 4 is 27.3 Å².